The Bertz CT molecular complexity index is 355. The molecule has 2 rings (SSSR count). The molecule has 0 radical (unpaired) electrons. The molecule has 2 N–H and O–H groups in total. The third kappa shape index (κ3) is 3.51. The fraction of sp³-hybridized carbons (Fsp3) is 0.833. The summed E-state index contributed by atoms with van der Waals surface area (Å²) in [4.78, 5) is 0. The summed E-state index contributed by atoms with van der Waals surface area (Å²) in [6, 6.07) is 0.684. The summed E-state index contributed by atoms with van der Waals surface area (Å²) in [5.41, 5.74) is 0.293. The van der Waals surface area contributed by atoms with E-state index < -0.39 is 5.60 Å². The predicted octanol–water partition coefficient (Wildman–Crippen LogP) is 1.08. The molecule has 0 saturated heterocycles. The molecule has 5 heteroatoms. The lowest BCUT2D eigenvalue weighted by atomic mass is 9.98. The first-order valence-electron chi connectivity index (χ1n) is 6.50. The van der Waals surface area contributed by atoms with E-state index in [1.807, 2.05) is 20.0 Å². The zero-order chi connectivity index (χ0) is 12.3. The third-order valence-corrected chi connectivity index (χ3v) is 3.51. The van der Waals surface area contributed by atoms with Crippen LogP contribution in [0.2, 0.25) is 0 Å². The fourth-order valence-corrected chi connectivity index (χ4v) is 1.81. The fourth-order valence-electron chi connectivity index (χ4n) is 1.81. The van der Waals surface area contributed by atoms with E-state index in [0.717, 1.165) is 25.1 Å². The van der Waals surface area contributed by atoms with Crippen LogP contribution in [0.3, 0.4) is 0 Å². The van der Waals surface area contributed by atoms with Crippen LogP contribution >= 0.6 is 0 Å². The molecule has 0 unspecified atom stereocenters. The van der Waals surface area contributed by atoms with Crippen LogP contribution in [-0.2, 0) is 13.1 Å². The van der Waals surface area contributed by atoms with E-state index in [-0.39, 0.29) is 0 Å². The lowest BCUT2D eigenvalue weighted by Gasteiger charge is -2.24. The molecule has 96 valence electrons. The molecular formula is C12H22N4O. The van der Waals surface area contributed by atoms with Gasteiger partial charge in [0.25, 0.3) is 0 Å². The monoisotopic (exact) mass is 238 g/mol. The second-order valence-corrected chi connectivity index (χ2v) is 4.99. The van der Waals surface area contributed by atoms with Crippen LogP contribution in [0.15, 0.2) is 6.20 Å². The molecule has 1 saturated carbocycles. The van der Waals surface area contributed by atoms with Crippen molar-refractivity contribution in [2.75, 3.05) is 0 Å². The molecule has 0 aromatic carbocycles. The van der Waals surface area contributed by atoms with Crippen LogP contribution in [0.1, 0.15) is 45.2 Å². The van der Waals surface area contributed by atoms with Crippen molar-refractivity contribution >= 4 is 0 Å². The van der Waals surface area contributed by atoms with Gasteiger partial charge in [-0.1, -0.05) is 19.1 Å². The van der Waals surface area contributed by atoms with Gasteiger partial charge in [0.1, 0.15) is 0 Å². The maximum Gasteiger partial charge on any atom is 0.0964 e. The van der Waals surface area contributed by atoms with E-state index in [0.29, 0.717) is 12.6 Å². The van der Waals surface area contributed by atoms with E-state index in [1.54, 1.807) is 4.68 Å². The summed E-state index contributed by atoms with van der Waals surface area (Å²) in [6.45, 7) is 5.30. The van der Waals surface area contributed by atoms with Gasteiger partial charge in [-0.05, 0) is 25.7 Å². The first-order chi connectivity index (χ1) is 8.15. The Hall–Kier alpha value is -0.940. The quantitative estimate of drug-likeness (QED) is 0.746. The average molecular weight is 238 g/mol. The Morgan fingerprint density at radius 3 is 2.76 bits per heavy atom. The molecular weight excluding hydrogens is 216 g/mol. The lowest BCUT2D eigenvalue weighted by molar-refractivity contribution is 0.0114. The number of hydrogen-bond donors (Lipinski definition) is 2. The second kappa shape index (κ2) is 5.14. The van der Waals surface area contributed by atoms with Crippen molar-refractivity contribution in [2.45, 2.75) is 64.3 Å². The molecule has 1 aliphatic rings. The molecule has 1 aromatic rings. The standard InChI is InChI=1S/C12H22N4O/c1-3-12(17,4-2)9-16-8-11(14-15-16)7-13-10-5-6-10/h8,10,13,17H,3-7,9H2,1-2H3. The SMILES string of the molecule is CCC(O)(CC)Cn1cc(CNC2CC2)nn1. The summed E-state index contributed by atoms with van der Waals surface area (Å²) >= 11 is 0. The highest BCUT2D eigenvalue weighted by atomic mass is 16.3. The molecule has 17 heavy (non-hydrogen) atoms. The van der Waals surface area contributed by atoms with Crippen LogP contribution in [0.5, 0.6) is 0 Å². The van der Waals surface area contributed by atoms with E-state index >= 15 is 0 Å². The molecule has 1 fully saturated rings. The molecule has 1 heterocycles. The van der Waals surface area contributed by atoms with Crippen LogP contribution in [-0.4, -0.2) is 31.7 Å². The number of nitrogens with zero attached hydrogens (tertiary/aromatic N) is 3. The van der Waals surface area contributed by atoms with E-state index in [2.05, 4.69) is 15.6 Å². The van der Waals surface area contributed by atoms with Gasteiger partial charge in [-0.25, -0.2) is 4.68 Å². The van der Waals surface area contributed by atoms with Crippen molar-refractivity contribution in [3.8, 4) is 0 Å². The zero-order valence-corrected chi connectivity index (χ0v) is 10.7. The minimum absolute atomic E-state index is 0.524. The Kier molecular flexibility index (Phi) is 3.79. The van der Waals surface area contributed by atoms with Crippen LogP contribution in [0, 0.1) is 0 Å². The van der Waals surface area contributed by atoms with Gasteiger partial charge in [-0.2, -0.15) is 0 Å². The molecule has 0 spiro atoms. The average Bonchev–Trinajstić information content (AvgIpc) is 3.07. The van der Waals surface area contributed by atoms with Crippen molar-refractivity contribution in [1.29, 1.82) is 0 Å². The first kappa shape index (κ1) is 12.5. The van der Waals surface area contributed by atoms with Gasteiger partial charge >= 0.3 is 0 Å². The summed E-state index contributed by atoms with van der Waals surface area (Å²) in [5, 5.41) is 21.8. The number of aliphatic hydroxyl groups is 1. The largest absolute Gasteiger partial charge is 0.388 e. The maximum atomic E-state index is 10.2. The van der Waals surface area contributed by atoms with Crippen molar-refractivity contribution in [3.05, 3.63) is 11.9 Å². The molecule has 0 atom stereocenters. The number of rotatable bonds is 7. The van der Waals surface area contributed by atoms with Crippen molar-refractivity contribution in [3.63, 3.8) is 0 Å². The molecule has 0 bridgehead atoms. The van der Waals surface area contributed by atoms with Gasteiger partial charge in [-0.3, -0.25) is 0 Å². The van der Waals surface area contributed by atoms with Gasteiger partial charge in [0.2, 0.25) is 0 Å². The zero-order valence-electron chi connectivity index (χ0n) is 10.7. The molecule has 0 aliphatic heterocycles. The van der Waals surface area contributed by atoms with Crippen LogP contribution in [0.25, 0.3) is 0 Å². The summed E-state index contributed by atoms with van der Waals surface area (Å²) in [5.74, 6) is 0. The third-order valence-electron chi connectivity index (χ3n) is 3.51. The van der Waals surface area contributed by atoms with Crippen LogP contribution < -0.4 is 5.32 Å². The highest BCUT2D eigenvalue weighted by Gasteiger charge is 2.24. The van der Waals surface area contributed by atoms with Crippen molar-refractivity contribution in [1.82, 2.24) is 20.3 Å². The minimum Gasteiger partial charge on any atom is -0.388 e. The maximum absolute atomic E-state index is 10.2. The van der Waals surface area contributed by atoms with Gasteiger partial charge in [-0.15, -0.1) is 5.10 Å². The van der Waals surface area contributed by atoms with Gasteiger partial charge in [0.05, 0.1) is 17.8 Å². The molecule has 5 nitrogen and oxygen atoms in total. The van der Waals surface area contributed by atoms with Crippen LogP contribution in [0.4, 0.5) is 0 Å². The Labute approximate surface area is 102 Å². The summed E-state index contributed by atoms with van der Waals surface area (Å²) in [6.07, 6.45) is 5.95. The number of nitrogens with one attached hydrogen (secondary N) is 1. The van der Waals surface area contributed by atoms with E-state index in [1.165, 1.54) is 12.8 Å². The van der Waals surface area contributed by atoms with E-state index in [4.69, 9.17) is 0 Å². The second-order valence-electron chi connectivity index (χ2n) is 4.99. The summed E-state index contributed by atoms with van der Waals surface area (Å²) < 4.78 is 1.75. The molecule has 1 aliphatic carbocycles. The van der Waals surface area contributed by atoms with Gasteiger partial charge in [0, 0.05) is 18.8 Å². The Morgan fingerprint density at radius 1 is 1.47 bits per heavy atom. The molecule has 1 aromatic heterocycles. The number of hydrogen-bond acceptors (Lipinski definition) is 4. The Balaban J connectivity index is 1.87. The van der Waals surface area contributed by atoms with Gasteiger partial charge in [0.15, 0.2) is 0 Å². The topological polar surface area (TPSA) is 63.0 Å². The predicted molar refractivity (Wildman–Crippen MR) is 65.4 cm³/mol. The highest BCUT2D eigenvalue weighted by Crippen LogP contribution is 2.19. The highest BCUT2D eigenvalue weighted by molar-refractivity contribution is 4.95. The van der Waals surface area contributed by atoms with Crippen molar-refractivity contribution < 1.29 is 5.11 Å². The van der Waals surface area contributed by atoms with Crippen molar-refractivity contribution in [2.24, 2.45) is 0 Å². The molecule has 0 amide bonds. The summed E-state index contributed by atoms with van der Waals surface area (Å²) in [7, 11) is 0. The van der Waals surface area contributed by atoms with E-state index in [9.17, 15) is 5.11 Å². The van der Waals surface area contributed by atoms with Gasteiger partial charge < -0.3 is 10.4 Å². The smallest absolute Gasteiger partial charge is 0.0964 e. The minimum atomic E-state index is -0.658. The lowest BCUT2D eigenvalue weighted by Crippen LogP contribution is -2.32. The Morgan fingerprint density at radius 2 is 2.18 bits per heavy atom. The number of aromatic nitrogens is 3. The normalized spacial score (nSPS) is 16.4. The first-order valence-corrected chi connectivity index (χ1v) is 6.50.